The molecule has 7 heteroatoms. The number of pyridine rings is 1. The van der Waals surface area contributed by atoms with Crippen molar-refractivity contribution in [3.05, 3.63) is 194 Å². The summed E-state index contributed by atoms with van der Waals surface area (Å²) < 4.78 is 9.24. The lowest BCUT2D eigenvalue weighted by Crippen LogP contribution is -2.01. The Bertz CT molecular complexity index is 3850. The molecule has 0 aliphatic rings. The SMILES string of the molecule is c1cc(-c2ccc(-c3nc4ccccc4c4c3ccc3nsnc34)cc2)cc(-c2nc(-c3cc4ccccc4c4ccccc34)nc(-c3cc4ccccc4c4ccccc34)n2)c1. The van der Waals surface area contributed by atoms with Crippen LogP contribution in [0.4, 0.5) is 0 Å². The predicted octanol–water partition coefficient (Wildman–Crippen LogP) is 14.5. The fraction of sp³-hybridized carbons (Fsp3) is 0. The number of hydrogen-bond acceptors (Lipinski definition) is 7. The lowest BCUT2D eigenvalue weighted by molar-refractivity contribution is 1.08. The molecule has 0 fully saturated rings. The molecule has 0 bridgehead atoms. The van der Waals surface area contributed by atoms with Gasteiger partial charge in [0.15, 0.2) is 17.5 Å². The van der Waals surface area contributed by atoms with E-state index in [2.05, 4.69) is 186 Å². The average molecular weight is 821 g/mol. The van der Waals surface area contributed by atoms with Crippen molar-refractivity contribution in [3.63, 3.8) is 0 Å². The van der Waals surface area contributed by atoms with Gasteiger partial charge in [-0.1, -0.05) is 158 Å². The fourth-order valence-corrected chi connectivity index (χ4v) is 9.93. The van der Waals surface area contributed by atoms with E-state index in [1.807, 2.05) is 12.1 Å². The summed E-state index contributed by atoms with van der Waals surface area (Å²) in [7, 11) is 0. The van der Waals surface area contributed by atoms with Crippen molar-refractivity contribution in [2.45, 2.75) is 0 Å². The molecule has 10 aromatic carbocycles. The Morgan fingerprint density at radius 2 is 0.841 bits per heavy atom. The smallest absolute Gasteiger partial charge is 0.164 e. The first kappa shape index (κ1) is 35.5. The van der Waals surface area contributed by atoms with Crippen molar-refractivity contribution in [2.75, 3.05) is 0 Å². The van der Waals surface area contributed by atoms with Crippen molar-refractivity contribution in [1.82, 2.24) is 28.7 Å². The van der Waals surface area contributed by atoms with E-state index in [1.165, 1.54) is 22.5 Å². The third-order valence-electron chi connectivity index (χ3n) is 12.4. The van der Waals surface area contributed by atoms with Crippen LogP contribution in [0.5, 0.6) is 0 Å². The molecule has 292 valence electrons. The summed E-state index contributed by atoms with van der Waals surface area (Å²) in [4.78, 5) is 21.2. The van der Waals surface area contributed by atoms with E-state index >= 15 is 0 Å². The molecule has 3 heterocycles. The zero-order valence-electron chi connectivity index (χ0n) is 33.6. The van der Waals surface area contributed by atoms with Crippen LogP contribution < -0.4 is 0 Å². The highest BCUT2D eigenvalue weighted by molar-refractivity contribution is 7.00. The molecule has 0 saturated carbocycles. The highest BCUT2D eigenvalue weighted by Crippen LogP contribution is 2.40. The van der Waals surface area contributed by atoms with Crippen LogP contribution in [0.3, 0.4) is 0 Å². The zero-order chi connectivity index (χ0) is 41.4. The third-order valence-corrected chi connectivity index (χ3v) is 12.9. The number of rotatable bonds is 5. The van der Waals surface area contributed by atoms with E-state index in [0.29, 0.717) is 17.5 Å². The number of fused-ring (bicyclic) bond motifs is 11. The molecule has 0 aliphatic carbocycles. The van der Waals surface area contributed by atoms with E-state index in [0.717, 1.165) is 104 Å². The van der Waals surface area contributed by atoms with Crippen LogP contribution in [0.25, 0.3) is 132 Å². The molecule has 3 aromatic heterocycles. The van der Waals surface area contributed by atoms with Crippen LogP contribution in [-0.2, 0) is 0 Å². The summed E-state index contributed by atoms with van der Waals surface area (Å²) >= 11 is 1.24. The molecule has 0 atom stereocenters. The second kappa shape index (κ2) is 14.2. The molecular weight excluding hydrogens is 789 g/mol. The van der Waals surface area contributed by atoms with E-state index < -0.39 is 0 Å². The van der Waals surface area contributed by atoms with Crippen LogP contribution in [0.1, 0.15) is 0 Å². The van der Waals surface area contributed by atoms with E-state index in [1.54, 1.807) is 0 Å². The summed E-state index contributed by atoms with van der Waals surface area (Å²) in [5.41, 5.74) is 9.67. The Hall–Kier alpha value is -8.26. The van der Waals surface area contributed by atoms with Gasteiger partial charge < -0.3 is 0 Å². The maximum absolute atomic E-state index is 5.35. The molecule has 0 unspecified atom stereocenters. The second-order valence-electron chi connectivity index (χ2n) is 15.9. The molecule has 13 aromatic rings. The van der Waals surface area contributed by atoms with Crippen LogP contribution >= 0.6 is 11.7 Å². The normalized spacial score (nSPS) is 11.8. The van der Waals surface area contributed by atoms with Crippen molar-refractivity contribution in [3.8, 4) is 56.5 Å². The largest absolute Gasteiger partial charge is 0.247 e. The Morgan fingerprint density at radius 3 is 1.51 bits per heavy atom. The summed E-state index contributed by atoms with van der Waals surface area (Å²) in [5, 5.41) is 12.4. The van der Waals surface area contributed by atoms with Gasteiger partial charge >= 0.3 is 0 Å². The minimum absolute atomic E-state index is 0.609. The fourth-order valence-electron chi connectivity index (χ4n) is 9.39. The quantitative estimate of drug-likeness (QED) is 0.161. The molecule has 13 rings (SSSR count). The first-order valence-electron chi connectivity index (χ1n) is 20.9. The summed E-state index contributed by atoms with van der Waals surface area (Å²) in [6.45, 7) is 0. The Kier molecular flexibility index (Phi) is 7.98. The van der Waals surface area contributed by atoms with Gasteiger partial charge in [0.25, 0.3) is 0 Å². The molecule has 0 spiro atoms. The van der Waals surface area contributed by atoms with Crippen molar-refractivity contribution >= 4 is 87.5 Å². The summed E-state index contributed by atoms with van der Waals surface area (Å²) in [6.07, 6.45) is 0. The minimum atomic E-state index is 0.609. The second-order valence-corrected chi connectivity index (χ2v) is 16.5. The topological polar surface area (TPSA) is 77.3 Å². The summed E-state index contributed by atoms with van der Waals surface area (Å²) in [6, 6.07) is 68.2. The van der Waals surface area contributed by atoms with Crippen LogP contribution in [0, 0.1) is 0 Å². The third kappa shape index (κ3) is 5.78. The van der Waals surface area contributed by atoms with Gasteiger partial charge in [0.2, 0.25) is 0 Å². The molecule has 63 heavy (non-hydrogen) atoms. The van der Waals surface area contributed by atoms with Gasteiger partial charge in [-0.15, -0.1) is 0 Å². The van der Waals surface area contributed by atoms with Gasteiger partial charge in [-0.05, 0) is 90.6 Å². The molecule has 6 nitrogen and oxygen atoms in total. The van der Waals surface area contributed by atoms with Crippen LogP contribution in [-0.4, -0.2) is 28.7 Å². The number of aromatic nitrogens is 6. The van der Waals surface area contributed by atoms with Gasteiger partial charge in [0, 0.05) is 38.4 Å². The Labute approximate surface area is 365 Å². The number of para-hydroxylation sites is 1. The Balaban J connectivity index is 0.976. The molecule has 0 radical (unpaired) electrons. The number of nitrogens with zero attached hydrogens (tertiary/aromatic N) is 6. The van der Waals surface area contributed by atoms with Gasteiger partial charge in [0.1, 0.15) is 11.0 Å². The van der Waals surface area contributed by atoms with E-state index in [9.17, 15) is 0 Å². The van der Waals surface area contributed by atoms with Crippen molar-refractivity contribution in [1.29, 1.82) is 0 Å². The maximum atomic E-state index is 5.35. The van der Waals surface area contributed by atoms with Gasteiger partial charge in [-0.3, -0.25) is 0 Å². The van der Waals surface area contributed by atoms with Gasteiger partial charge in [-0.2, -0.15) is 8.75 Å². The first-order valence-corrected chi connectivity index (χ1v) is 21.7. The number of benzene rings is 10. The van der Waals surface area contributed by atoms with Crippen LogP contribution in [0.15, 0.2) is 194 Å². The lowest BCUT2D eigenvalue weighted by atomic mass is 9.95. The van der Waals surface area contributed by atoms with Crippen LogP contribution in [0.2, 0.25) is 0 Å². The highest BCUT2D eigenvalue weighted by atomic mass is 32.1. The van der Waals surface area contributed by atoms with Gasteiger partial charge in [0.05, 0.1) is 22.9 Å². The number of hydrogen-bond donors (Lipinski definition) is 0. The van der Waals surface area contributed by atoms with Crippen molar-refractivity contribution in [2.24, 2.45) is 0 Å². The zero-order valence-corrected chi connectivity index (χ0v) is 34.4. The van der Waals surface area contributed by atoms with Crippen molar-refractivity contribution < 1.29 is 0 Å². The lowest BCUT2D eigenvalue weighted by Gasteiger charge is -2.14. The summed E-state index contributed by atoms with van der Waals surface area (Å²) in [5.74, 6) is 1.87. The molecular formula is C56H32N6S. The minimum Gasteiger partial charge on any atom is -0.247 e. The molecule has 0 N–H and O–H groups in total. The monoisotopic (exact) mass is 820 g/mol. The molecule has 0 aliphatic heterocycles. The average Bonchev–Trinajstić information content (AvgIpc) is 3.85. The van der Waals surface area contributed by atoms with E-state index in [4.69, 9.17) is 24.3 Å². The predicted molar refractivity (Wildman–Crippen MR) is 261 cm³/mol. The standard InChI is InChI=1S/C56H32N6S/c1-3-16-39-36(12-1)31-47(43-20-7-5-18-41(39)43)55-58-54(59-56(60-55)48-32-37-13-2-4-17-40(37)42-19-6-8-21-44(42)48)38-15-11-14-35(30-38)33-24-26-34(27-25-33)52-46-28-29-50-53(62-63-61-50)51(46)45-22-9-10-23-49(45)57-52/h1-32H. The first-order chi connectivity index (χ1) is 31.2. The molecule has 0 saturated heterocycles. The van der Waals surface area contributed by atoms with Gasteiger partial charge in [-0.25, -0.2) is 19.9 Å². The Morgan fingerprint density at radius 1 is 0.302 bits per heavy atom. The highest BCUT2D eigenvalue weighted by Gasteiger charge is 2.20. The van der Waals surface area contributed by atoms with E-state index in [-0.39, 0.29) is 0 Å². The maximum Gasteiger partial charge on any atom is 0.164 e. The molecule has 0 amide bonds.